The van der Waals surface area contributed by atoms with Gasteiger partial charge in [-0.3, -0.25) is 0 Å². The molecule has 0 aromatic heterocycles. The van der Waals surface area contributed by atoms with Crippen LogP contribution in [0.4, 0.5) is 0 Å². The topological polar surface area (TPSA) is 58.7 Å². The van der Waals surface area contributed by atoms with E-state index in [1.165, 1.54) is 0 Å². The van der Waals surface area contributed by atoms with Crippen LogP contribution in [0.15, 0.2) is 20.5 Å². The van der Waals surface area contributed by atoms with E-state index >= 15 is 0 Å². The molecule has 0 unspecified atom stereocenters. The molecule has 2 aliphatic heterocycles. The Kier molecular flexibility index (Phi) is 1.91. The van der Waals surface area contributed by atoms with Crippen molar-refractivity contribution in [3.8, 4) is 0 Å². The first-order valence-corrected chi connectivity index (χ1v) is 4.58. The van der Waals surface area contributed by atoms with Crippen LogP contribution in [-0.4, -0.2) is 24.5 Å². The Labute approximate surface area is 77.3 Å². The first-order chi connectivity index (χ1) is 6.12. The minimum absolute atomic E-state index is 0.127. The minimum atomic E-state index is -0.127. The third-order valence-corrected chi connectivity index (χ3v) is 2.32. The number of nitrogens with zero attached hydrogens (tertiary/aromatic N) is 4. The van der Waals surface area contributed by atoms with E-state index in [1.54, 1.807) is 0 Å². The van der Waals surface area contributed by atoms with E-state index in [9.17, 15) is 0 Å². The van der Waals surface area contributed by atoms with Crippen molar-refractivity contribution in [3.05, 3.63) is 0 Å². The van der Waals surface area contributed by atoms with Gasteiger partial charge in [0.25, 0.3) is 0 Å². The maximum Gasteiger partial charge on any atom is 0.190 e. The fourth-order valence-electron chi connectivity index (χ4n) is 1.00. The van der Waals surface area contributed by atoms with Crippen LogP contribution in [0.5, 0.6) is 0 Å². The summed E-state index contributed by atoms with van der Waals surface area (Å²) in [6.07, 6.45) is 1.77. The van der Waals surface area contributed by atoms with Crippen molar-refractivity contribution in [3.63, 3.8) is 0 Å². The van der Waals surface area contributed by atoms with E-state index in [0.29, 0.717) is 0 Å². The predicted molar refractivity (Wildman–Crippen MR) is 46.6 cm³/mol. The molecule has 0 saturated carbocycles. The minimum Gasteiger partial charge on any atom is -0.381 e. The van der Waals surface area contributed by atoms with Gasteiger partial charge in [0.2, 0.25) is 0 Å². The number of hydrogen-bond acceptors (Lipinski definition) is 5. The molecule has 0 aromatic rings. The second kappa shape index (κ2) is 2.83. The van der Waals surface area contributed by atoms with Crippen molar-refractivity contribution in [2.75, 3.05) is 13.2 Å². The van der Waals surface area contributed by atoms with Gasteiger partial charge in [-0.1, -0.05) is 0 Å². The number of rotatable bonds is 6. The van der Waals surface area contributed by atoms with Crippen LogP contribution >= 0.6 is 0 Å². The van der Waals surface area contributed by atoms with Crippen LogP contribution in [0.3, 0.4) is 0 Å². The van der Waals surface area contributed by atoms with Gasteiger partial charge in [0.1, 0.15) is 0 Å². The van der Waals surface area contributed by atoms with E-state index < -0.39 is 0 Å². The average molecular weight is 182 g/mol. The quantitative estimate of drug-likeness (QED) is 0.580. The van der Waals surface area contributed by atoms with E-state index in [-0.39, 0.29) is 11.3 Å². The Morgan fingerprint density at radius 1 is 0.846 bits per heavy atom. The highest BCUT2D eigenvalue weighted by Crippen LogP contribution is 2.32. The maximum absolute atomic E-state index is 5.43. The van der Waals surface area contributed by atoms with E-state index in [0.717, 1.165) is 26.1 Å². The molecule has 5 nitrogen and oxygen atoms in total. The summed E-state index contributed by atoms with van der Waals surface area (Å²) in [5.74, 6) is 0. The van der Waals surface area contributed by atoms with Crippen molar-refractivity contribution in [2.45, 2.75) is 38.0 Å². The average Bonchev–Trinajstić information content (AvgIpc) is 2.95. The highest BCUT2D eigenvalue weighted by molar-refractivity contribution is 4.88. The van der Waals surface area contributed by atoms with E-state index in [1.807, 2.05) is 13.8 Å². The maximum atomic E-state index is 5.43. The molecule has 0 atom stereocenters. The van der Waals surface area contributed by atoms with Crippen molar-refractivity contribution < 1.29 is 4.74 Å². The van der Waals surface area contributed by atoms with Crippen molar-refractivity contribution in [1.29, 1.82) is 0 Å². The lowest BCUT2D eigenvalue weighted by molar-refractivity contribution is 0.116. The largest absolute Gasteiger partial charge is 0.381 e. The molecule has 2 heterocycles. The Bertz CT molecular complexity index is 223. The highest BCUT2D eigenvalue weighted by Gasteiger charge is 2.34. The summed E-state index contributed by atoms with van der Waals surface area (Å²) in [6, 6.07) is 0. The van der Waals surface area contributed by atoms with Crippen LogP contribution in [-0.2, 0) is 4.74 Å². The summed E-state index contributed by atoms with van der Waals surface area (Å²) in [5, 5.41) is 15.6. The van der Waals surface area contributed by atoms with Gasteiger partial charge in [0.15, 0.2) is 11.3 Å². The van der Waals surface area contributed by atoms with E-state index in [2.05, 4.69) is 20.5 Å². The van der Waals surface area contributed by atoms with Crippen molar-refractivity contribution >= 4 is 0 Å². The molecule has 0 bridgehead atoms. The molecule has 0 amide bonds. The molecule has 2 aliphatic rings. The van der Waals surface area contributed by atoms with Gasteiger partial charge in [0, 0.05) is 12.8 Å². The first-order valence-electron chi connectivity index (χ1n) is 4.58. The fraction of sp³-hybridized carbons (Fsp3) is 1.00. The Morgan fingerprint density at radius 3 is 1.54 bits per heavy atom. The summed E-state index contributed by atoms with van der Waals surface area (Å²) in [4.78, 5) is 0. The van der Waals surface area contributed by atoms with Crippen LogP contribution in [0.1, 0.15) is 26.7 Å². The van der Waals surface area contributed by atoms with Crippen LogP contribution in [0.25, 0.3) is 0 Å². The fourth-order valence-corrected chi connectivity index (χ4v) is 1.00. The zero-order chi connectivity index (χ0) is 9.36. The predicted octanol–water partition coefficient (Wildman–Crippen LogP) is 2.15. The monoisotopic (exact) mass is 182 g/mol. The third kappa shape index (κ3) is 2.55. The Morgan fingerprint density at radius 2 is 1.23 bits per heavy atom. The van der Waals surface area contributed by atoms with Gasteiger partial charge in [-0.25, -0.2) is 0 Å². The van der Waals surface area contributed by atoms with E-state index in [4.69, 9.17) is 4.74 Å². The molecule has 0 aliphatic carbocycles. The highest BCUT2D eigenvalue weighted by atomic mass is 16.5. The van der Waals surface area contributed by atoms with Gasteiger partial charge in [-0.2, -0.15) is 20.5 Å². The molecule has 0 radical (unpaired) electrons. The molecular formula is C8H14N4O. The summed E-state index contributed by atoms with van der Waals surface area (Å²) in [6.45, 7) is 5.45. The molecule has 0 saturated heterocycles. The van der Waals surface area contributed by atoms with Crippen LogP contribution < -0.4 is 0 Å². The zero-order valence-corrected chi connectivity index (χ0v) is 8.03. The molecule has 2 rings (SSSR count). The SMILES string of the molecule is CC1(CCOCCC2(C)N=N2)N=N1. The molecule has 0 spiro atoms. The van der Waals surface area contributed by atoms with Crippen molar-refractivity contribution in [2.24, 2.45) is 20.5 Å². The normalized spacial score (nSPS) is 24.8. The van der Waals surface area contributed by atoms with Gasteiger partial charge in [-0.15, -0.1) is 0 Å². The summed E-state index contributed by atoms with van der Waals surface area (Å²) < 4.78 is 5.43. The van der Waals surface area contributed by atoms with Gasteiger partial charge in [-0.05, 0) is 13.8 Å². The lowest BCUT2D eigenvalue weighted by atomic mass is 10.2. The first kappa shape index (κ1) is 8.74. The second-order valence-corrected chi connectivity index (χ2v) is 3.95. The molecule has 13 heavy (non-hydrogen) atoms. The lowest BCUT2D eigenvalue weighted by Crippen LogP contribution is -2.13. The summed E-state index contributed by atoms with van der Waals surface area (Å²) in [5.41, 5.74) is -0.254. The van der Waals surface area contributed by atoms with Gasteiger partial charge in [0.05, 0.1) is 13.2 Å². The molecular weight excluding hydrogens is 168 g/mol. The molecule has 0 fully saturated rings. The van der Waals surface area contributed by atoms with Crippen LogP contribution in [0, 0.1) is 0 Å². The lowest BCUT2D eigenvalue weighted by Gasteiger charge is -2.06. The zero-order valence-electron chi connectivity index (χ0n) is 8.03. The van der Waals surface area contributed by atoms with Crippen LogP contribution in [0.2, 0.25) is 0 Å². The smallest absolute Gasteiger partial charge is 0.190 e. The number of hydrogen-bond donors (Lipinski definition) is 0. The van der Waals surface area contributed by atoms with Gasteiger partial charge >= 0.3 is 0 Å². The number of ether oxygens (including phenoxy) is 1. The van der Waals surface area contributed by atoms with Crippen molar-refractivity contribution in [1.82, 2.24) is 0 Å². The third-order valence-electron chi connectivity index (χ3n) is 2.32. The molecule has 0 N–H and O–H groups in total. The summed E-state index contributed by atoms with van der Waals surface area (Å²) in [7, 11) is 0. The summed E-state index contributed by atoms with van der Waals surface area (Å²) >= 11 is 0. The molecule has 72 valence electrons. The molecule has 0 aromatic carbocycles. The van der Waals surface area contributed by atoms with Gasteiger partial charge < -0.3 is 4.74 Å². The molecule has 5 heteroatoms. The Balaban J connectivity index is 1.45. The second-order valence-electron chi connectivity index (χ2n) is 3.95. The standard InChI is InChI=1S/C8H14N4O/c1-7(9-10-7)3-5-13-6-4-8(2)11-12-8/h3-6H2,1-2H3. The Hall–Kier alpha value is -0.840.